The summed E-state index contributed by atoms with van der Waals surface area (Å²) in [4.78, 5) is 8.45. The molecule has 0 saturated heterocycles. The fraction of sp³-hybridized carbons (Fsp3) is 0.692. The van der Waals surface area contributed by atoms with Crippen LogP contribution in [0.5, 0.6) is 5.88 Å². The van der Waals surface area contributed by atoms with Crippen LogP contribution in [0.2, 0.25) is 0 Å². The molecule has 1 aromatic rings. The van der Waals surface area contributed by atoms with Crippen molar-refractivity contribution in [1.82, 2.24) is 9.97 Å². The van der Waals surface area contributed by atoms with Crippen molar-refractivity contribution >= 4 is 5.95 Å². The van der Waals surface area contributed by atoms with Gasteiger partial charge in [0.2, 0.25) is 11.8 Å². The van der Waals surface area contributed by atoms with Crippen LogP contribution in [0.3, 0.4) is 0 Å². The van der Waals surface area contributed by atoms with Gasteiger partial charge in [0.25, 0.3) is 0 Å². The molecule has 17 heavy (non-hydrogen) atoms. The van der Waals surface area contributed by atoms with Gasteiger partial charge in [0.1, 0.15) is 0 Å². The monoisotopic (exact) mass is 235 g/mol. The van der Waals surface area contributed by atoms with Gasteiger partial charge in [-0.1, -0.05) is 26.2 Å². The highest BCUT2D eigenvalue weighted by molar-refractivity contribution is 5.27. The van der Waals surface area contributed by atoms with E-state index in [0.29, 0.717) is 11.8 Å². The van der Waals surface area contributed by atoms with Gasteiger partial charge in [-0.3, -0.25) is 0 Å². The van der Waals surface area contributed by atoms with Gasteiger partial charge in [0.05, 0.1) is 7.11 Å². The maximum absolute atomic E-state index is 5.08. The Balaban J connectivity index is 1.88. The Labute approximate surface area is 103 Å². The number of aromatic nitrogens is 2. The van der Waals surface area contributed by atoms with Crippen LogP contribution in [0.1, 0.15) is 32.6 Å². The van der Waals surface area contributed by atoms with Gasteiger partial charge in [-0.15, -0.1) is 0 Å². The number of anilines is 1. The first-order valence-electron chi connectivity index (χ1n) is 6.40. The lowest BCUT2D eigenvalue weighted by atomic mass is 9.80. The molecule has 1 N–H and O–H groups in total. The highest BCUT2D eigenvalue weighted by atomic mass is 16.5. The number of hydrogen-bond donors (Lipinski definition) is 1. The summed E-state index contributed by atoms with van der Waals surface area (Å²) < 4.78 is 5.08. The zero-order valence-corrected chi connectivity index (χ0v) is 10.6. The zero-order chi connectivity index (χ0) is 12.1. The first kappa shape index (κ1) is 12.1. The Hall–Kier alpha value is -1.32. The van der Waals surface area contributed by atoms with Gasteiger partial charge in [-0.2, -0.15) is 4.98 Å². The Bertz CT molecular complexity index is 356. The molecule has 0 bridgehead atoms. The van der Waals surface area contributed by atoms with E-state index >= 15 is 0 Å². The third kappa shape index (κ3) is 3.32. The predicted molar refractivity (Wildman–Crippen MR) is 68.2 cm³/mol. The van der Waals surface area contributed by atoms with E-state index in [9.17, 15) is 0 Å². The molecule has 0 aromatic carbocycles. The van der Waals surface area contributed by atoms with Crippen molar-refractivity contribution in [2.45, 2.75) is 32.6 Å². The minimum atomic E-state index is 0.610. The molecule has 1 heterocycles. The van der Waals surface area contributed by atoms with Crippen LogP contribution in [-0.2, 0) is 0 Å². The second kappa shape index (κ2) is 5.84. The van der Waals surface area contributed by atoms with Gasteiger partial charge in [-0.05, 0) is 18.3 Å². The highest BCUT2D eigenvalue weighted by Crippen LogP contribution is 2.29. The normalized spacial score (nSPS) is 24.4. The van der Waals surface area contributed by atoms with E-state index in [1.165, 1.54) is 25.7 Å². The van der Waals surface area contributed by atoms with E-state index in [1.807, 2.05) is 0 Å². The molecule has 2 atom stereocenters. The average Bonchev–Trinajstić information content (AvgIpc) is 2.38. The van der Waals surface area contributed by atoms with Crippen molar-refractivity contribution in [2.24, 2.45) is 11.8 Å². The molecule has 0 amide bonds. The number of ether oxygens (including phenoxy) is 1. The number of nitrogens with zero attached hydrogens (tertiary/aromatic N) is 2. The molecule has 2 unspecified atom stereocenters. The van der Waals surface area contributed by atoms with Gasteiger partial charge in [0, 0.05) is 18.8 Å². The summed E-state index contributed by atoms with van der Waals surface area (Å²) >= 11 is 0. The number of methoxy groups -OCH3 is 1. The highest BCUT2D eigenvalue weighted by Gasteiger charge is 2.21. The molecule has 1 aromatic heterocycles. The van der Waals surface area contributed by atoms with Crippen LogP contribution in [-0.4, -0.2) is 23.6 Å². The molecule has 1 saturated carbocycles. The van der Waals surface area contributed by atoms with E-state index < -0.39 is 0 Å². The molecule has 0 radical (unpaired) electrons. The molecule has 1 aliphatic rings. The smallest absolute Gasteiger partial charge is 0.225 e. The lowest BCUT2D eigenvalue weighted by Crippen LogP contribution is -2.24. The first-order chi connectivity index (χ1) is 8.29. The summed E-state index contributed by atoms with van der Waals surface area (Å²) in [5, 5.41) is 3.32. The SMILES string of the molecule is COc1ccnc(NCC2CCCCC2C)n1. The van der Waals surface area contributed by atoms with Crippen molar-refractivity contribution < 1.29 is 4.74 Å². The van der Waals surface area contributed by atoms with Crippen molar-refractivity contribution in [3.63, 3.8) is 0 Å². The summed E-state index contributed by atoms with van der Waals surface area (Å²) in [7, 11) is 1.62. The first-order valence-corrected chi connectivity index (χ1v) is 6.40. The average molecular weight is 235 g/mol. The molecule has 1 aliphatic carbocycles. The van der Waals surface area contributed by atoms with E-state index in [2.05, 4.69) is 22.2 Å². The lowest BCUT2D eigenvalue weighted by molar-refractivity contribution is 0.268. The van der Waals surface area contributed by atoms with E-state index in [4.69, 9.17) is 4.74 Å². The Morgan fingerprint density at radius 1 is 1.41 bits per heavy atom. The zero-order valence-electron chi connectivity index (χ0n) is 10.6. The van der Waals surface area contributed by atoms with Crippen LogP contribution >= 0.6 is 0 Å². The minimum absolute atomic E-state index is 0.610. The molecule has 0 spiro atoms. The fourth-order valence-electron chi connectivity index (χ4n) is 2.46. The third-order valence-electron chi connectivity index (χ3n) is 3.65. The molecule has 94 valence electrons. The van der Waals surface area contributed by atoms with Crippen molar-refractivity contribution in [3.8, 4) is 5.88 Å². The van der Waals surface area contributed by atoms with Crippen molar-refractivity contribution in [1.29, 1.82) is 0 Å². The molecule has 4 heteroatoms. The summed E-state index contributed by atoms with van der Waals surface area (Å²) in [6.45, 7) is 3.31. The second-order valence-corrected chi connectivity index (χ2v) is 4.83. The topological polar surface area (TPSA) is 47.0 Å². The van der Waals surface area contributed by atoms with Crippen molar-refractivity contribution in [3.05, 3.63) is 12.3 Å². The lowest BCUT2D eigenvalue weighted by Gasteiger charge is -2.28. The van der Waals surface area contributed by atoms with Crippen LogP contribution in [0.4, 0.5) is 5.95 Å². The quantitative estimate of drug-likeness (QED) is 0.871. The maximum Gasteiger partial charge on any atom is 0.225 e. The fourth-order valence-corrected chi connectivity index (χ4v) is 2.46. The standard InChI is InChI=1S/C13H21N3O/c1-10-5-3-4-6-11(10)9-15-13-14-8-7-12(16-13)17-2/h7-8,10-11H,3-6,9H2,1-2H3,(H,14,15,16). The van der Waals surface area contributed by atoms with Gasteiger partial charge < -0.3 is 10.1 Å². The minimum Gasteiger partial charge on any atom is -0.481 e. The number of nitrogens with one attached hydrogen (secondary N) is 1. The number of hydrogen-bond acceptors (Lipinski definition) is 4. The Kier molecular flexibility index (Phi) is 4.18. The second-order valence-electron chi connectivity index (χ2n) is 4.83. The van der Waals surface area contributed by atoms with Crippen LogP contribution < -0.4 is 10.1 Å². The van der Waals surface area contributed by atoms with Gasteiger partial charge >= 0.3 is 0 Å². The molecule has 1 fully saturated rings. The van der Waals surface area contributed by atoms with Crippen LogP contribution in [0.15, 0.2) is 12.3 Å². The molecule has 2 rings (SSSR count). The van der Waals surface area contributed by atoms with Gasteiger partial charge in [0.15, 0.2) is 0 Å². The van der Waals surface area contributed by atoms with Gasteiger partial charge in [-0.25, -0.2) is 4.98 Å². The summed E-state index contributed by atoms with van der Waals surface area (Å²) in [6.07, 6.45) is 7.13. The molecular weight excluding hydrogens is 214 g/mol. The van der Waals surface area contributed by atoms with Crippen LogP contribution in [0.25, 0.3) is 0 Å². The Morgan fingerprint density at radius 3 is 3.00 bits per heavy atom. The number of rotatable bonds is 4. The van der Waals surface area contributed by atoms with E-state index in [1.54, 1.807) is 19.4 Å². The summed E-state index contributed by atoms with van der Waals surface area (Å²) in [5.41, 5.74) is 0. The summed E-state index contributed by atoms with van der Waals surface area (Å²) in [5.74, 6) is 2.83. The third-order valence-corrected chi connectivity index (χ3v) is 3.65. The van der Waals surface area contributed by atoms with E-state index in [-0.39, 0.29) is 0 Å². The largest absolute Gasteiger partial charge is 0.481 e. The maximum atomic E-state index is 5.08. The van der Waals surface area contributed by atoms with Crippen molar-refractivity contribution in [2.75, 3.05) is 19.0 Å². The molecular formula is C13H21N3O. The predicted octanol–water partition coefficient (Wildman–Crippen LogP) is 2.72. The Morgan fingerprint density at radius 2 is 2.24 bits per heavy atom. The van der Waals surface area contributed by atoms with E-state index in [0.717, 1.165) is 18.4 Å². The summed E-state index contributed by atoms with van der Waals surface area (Å²) in [6, 6.07) is 1.76. The van der Waals surface area contributed by atoms with Crippen LogP contribution in [0, 0.1) is 11.8 Å². The molecule has 4 nitrogen and oxygen atoms in total. The molecule has 0 aliphatic heterocycles.